The Morgan fingerprint density at radius 1 is 1.29 bits per heavy atom. The van der Waals surface area contributed by atoms with Gasteiger partial charge in [0.05, 0.1) is 6.61 Å². The second-order valence-corrected chi connectivity index (χ2v) is 4.84. The highest BCUT2D eigenvalue weighted by atomic mass is 16.5. The predicted molar refractivity (Wildman–Crippen MR) is 69.9 cm³/mol. The summed E-state index contributed by atoms with van der Waals surface area (Å²) in [7, 11) is 1.73. The molecule has 1 saturated heterocycles. The Bertz CT molecular complexity index is 337. The van der Waals surface area contributed by atoms with E-state index in [-0.39, 0.29) is 0 Å². The smallest absolute Gasteiger partial charge is 0.0713 e. The van der Waals surface area contributed by atoms with Crippen molar-refractivity contribution in [3.05, 3.63) is 35.4 Å². The van der Waals surface area contributed by atoms with Gasteiger partial charge in [-0.05, 0) is 18.1 Å². The minimum atomic E-state index is 0.608. The first-order chi connectivity index (χ1) is 8.28. The SMILES string of the molecule is COCc1ccc(CN2CCNC(C)C2)cc1. The lowest BCUT2D eigenvalue weighted by molar-refractivity contribution is 0.184. The molecule has 1 aromatic carbocycles. The number of rotatable bonds is 4. The maximum atomic E-state index is 5.11. The van der Waals surface area contributed by atoms with Gasteiger partial charge in [0.25, 0.3) is 0 Å². The molecule has 0 spiro atoms. The van der Waals surface area contributed by atoms with Crippen molar-refractivity contribution in [3.63, 3.8) is 0 Å². The number of benzene rings is 1. The quantitative estimate of drug-likeness (QED) is 0.857. The van der Waals surface area contributed by atoms with Crippen molar-refractivity contribution >= 4 is 0 Å². The van der Waals surface area contributed by atoms with Gasteiger partial charge in [0.1, 0.15) is 0 Å². The summed E-state index contributed by atoms with van der Waals surface area (Å²) >= 11 is 0. The number of ether oxygens (including phenoxy) is 1. The number of nitrogens with one attached hydrogen (secondary N) is 1. The molecule has 1 atom stereocenters. The van der Waals surface area contributed by atoms with Gasteiger partial charge in [-0.15, -0.1) is 0 Å². The number of nitrogens with zero attached hydrogens (tertiary/aromatic N) is 1. The third-order valence-electron chi connectivity index (χ3n) is 3.19. The average Bonchev–Trinajstić information content (AvgIpc) is 2.32. The van der Waals surface area contributed by atoms with E-state index in [1.807, 2.05) is 0 Å². The van der Waals surface area contributed by atoms with Crippen LogP contribution in [-0.2, 0) is 17.9 Å². The Morgan fingerprint density at radius 3 is 2.65 bits per heavy atom. The second-order valence-electron chi connectivity index (χ2n) is 4.84. The maximum absolute atomic E-state index is 5.11. The molecule has 1 heterocycles. The molecule has 1 fully saturated rings. The van der Waals surface area contributed by atoms with Crippen LogP contribution in [0.25, 0.3) is 0 Å². The van der Waals surface area contributed by atoms with Gasteiger partial charge in [0, 0.05) is 39.3 Å². The first-order valence-electron chi connectivity index (χ1n) is 6.30. The summed E-state index contributed by atoms with van der Waals surface area (Å²) in [6.45, 7) is 7.38. The van der Waals surface area contributed by atoms with Gasteiger partial charge in [0.15, 0.2) is 0 Å². The number of hydrogen-bond donors (Lipinski definition) is 1. The van der Waals surface area contributed by atoms with E-state index < -0.39 is 0 Å². The Balaban J connectivity index is 1.89. The van der Waals surface area contributed by atoms with Gasteiger partial charge in [-0.2, -0.15) is 0 Å². The van der Waals surface area contributed by atoms with Gasteiger partial charge >= 0.3 is 0 Å². The van der Waals surface area contributed by atoms with E-state index in [9.17, 15) is 0 Å². The van der Waals surface area contributed by atoms with E-state index in [1.54, 1.807) is 7.11 Å². The minimum Gasteiger partial charge on any atom is -0.380 e. The Hall–Kier alpha value is -0.900. The van der Waals surface area contributed by atoms with Gasteiger partial charge in [-0.25, -0.2) is 0 Å². The van der Waals surface area contributed by atoms with Crippen molar-refractivity contribution in [3.8, 4) is 0 Å². The van der Waals surface area contributed by atoms with Crippen molar-refractivity contribution in [1.82, 2.24) is 10.2 Å². The van der Waals surface area contributed by atoms with Crippen LogP contribution < -0.4 is 5.32 Å². The summed E-state index contributed by atoms with van der Waals surface area (Å²) in [5.74, 6) is 0. The summed E-state index contributed by atoms with van der Waals surface area (Å²) in [5.41, 5.74) is 2.63. The van der Waals surface area contributed by atoms with Crippen LogP contribution in [0.1, 0.15) is 18.1 Å². The van der Waals surface area contributed by atoms with E-state index in [0.29, 0.717) is 12.6 Å². The van der Waals surface area contributed by atoms with Gasteiger partial charge < -0.3 is 10.1 Å². The fourth-order valence-electron chi connectivity index (χ4n) is 2.32. The van der Waals surface area contributed by atoms with Crippen molar-refractivity contribution < 1.29 is 4.74 Å². The molecule has 1 unspecified atom stereocenters. The van der Waals surface area contributed by atoms with E-state index in [4.69, 9.17) is 4.74 Å². The molecule has 0 radical (unpaired) electrons. The molecule has 0 saturated carbocycles. The van der Waals surface area contributed by atoms with Gasteiger partial charge in [-0.1, -0.05) is 24.3 Å². The number of hydrogen-bond acceptors (Lipinski definition) is 3. The van der Waals surface area contributed by atoms with E-state index in [2.05, 4.69) is 41.4 Å². The molecule has 94 valence electrons. The number of piperazine rings is 1. The zero-order valence-electron chi connectivity index (χ0n) is 10.8. The minimum absolute atomic E-state index is 0.608. The van der Waals surface area contributed by atoms with Crippen LogP contribution in [0.15, 0.2) is 24.3 Å². The van der Waals surface area contributed by atoms with E-state index in [0.717, 1.165) is 26.2 Å². The highest BCUT2D eigenvalue weighted by molar-refractivity contribution is 5.22. The molecule has 0 bridgehead atoms. The highest BCUT2D eigenvalue weighted by Gasteiger charge is 2.15. The summed E-state index contributed by atoms with van der Waals surface area (Å²) in [4.78, 5) is 2.51. The zero-order chi connectivity index (χ0) is 12.1. The topological polar surface area (TPSA) is 24.5 Å². The maximum Gasteiger partial charge on any atom is 0.0713 e. The standard InChI is InChI=1S/C14H22N2O/c1-12-9-16(8-7-15-12)10-13-3-5-14(6-4-13)11-17-2/h3-6,12,15H,7-11H2,1-2H3. The third-order valence-corrected chi connectivity index (χ3v) is 3.19. The van der Waals surface area contributed by atoms with Crippen molar-refractivity contribution in [2.45, 2.75) is 26.1 Å². The third kappa shape index (κ3) is 3.80. The van der Waals surface area contributed by atoms with Gasteiger partial charge in [0.2, 0.25) is 0 Å². The monoisotopic (exact) mass is 234 g/mol. The molecule has 0 aromatic heterocycles. The van der Waals surface area contributed by atoms with Crippen LogP contribution in [0.5, 0.6) is 0 Å². The summed E-state index contributed by atoms with van der Waals surface area (Å²) < 4.78 is 5.11. The Morgan fingerprint density at radius 2 is 2.00 bits per heavy atom. The van der Waals surface area contributed by atoms with E-state index in [1.165, 1.54) is 11.1 Å². The lowest BCUT2D eigenvalue weighted by Crippen LogP contribution is -2.48. The Kier molecular flexibility index (Phi) is 4.54. The largest absolute Gasteiger partial charge is 0.380 e. The van der Waals surface area contributed by atoms with Crippen LogP contribution in [0, 0.1) is 0 Å². The second kappa shape index (κ2) is 6.15. The molecule has 1 N–H and O–H groups in total. The molecule has 3 nitrogen and oxygen atoms in total. The predicted octanol–water partition coefficient (Wildman–Crippen LogP) is 1.63. The van der Waals surface area contributed by atoms with Crippen LogP contribution in [0.3, 0.4) is 0 Å². The fourth-order valence-corrected chi connectivity index (χ4v) is 2.32. The molecule has 0 amide bonds. The average molecular weight is 234 g/mol. The van der Waals surface area contributed by atoms with E-state index >= 15 is 0 Å². The summed E-state index contributed by atoms with van der Waals surface area (Å²) in [5, 5.41) is 3.47. The molecular formula is C14H22N2O. The first-order valence-corrected chi connectivity index (χ1v) is 6.30. The van der Waals surface area contributed by atoms with Crippen LogP contribution in [0.4, 0.5) is 0 Å². The van der Waals surface area contributed by atoms with Crippen LogP contribution in [-0.4, -0.2) is 37.7 Å². The summed E-state index contributed by atoms with van der Waals surface area (Å²) in [6, 6.07) is 9.34. The zero-order valence-corrected chi connectivity index (χ0v) is 10.8. The lowest BCUT2D eigenvalue weighted by Gasteiger charge is -2.31. The van der Waals surface area contributed by atoms with Crippen LogP contribution >= 0.6 is 0 Å². The fraction of sp³-hybridized carbons (Fsp3) is 0.571. The molecular weight excluding hydrogens is 212 g/mol. The first kappa shape index (κ1) is 12.6. The summed E-state index contributed by atoms with van der Waals surface area (Å²) in [6.07, 6.45) is 0. The van der Waals surface area contributed by atoms with Gasteiger partial charge in [-0.3, -0.25) is 4.90 Å². The lowest BCUT2D eigenvalue weighted by atomic mass is 10.1. The Labute approximate surface area is 104 Å². The van der Waals surface area contributed by atoms with Crippen LogP contribution in [0.2, 0.25) is 0 Å². The molecule has 1 aliphatic heterocycles. The molecule has 3 heteroatoms. The van der Waals surface area contributed by atoms with Crippen molar-refractivity contribution in [2.24, 2.45) is 0 Å². The normalized spacial score (nSPS) is 21.6. The van der Waals surface area contributed by atoms with Crippen molar-refractivity contribution in [1.29, 1.82) is 0 Å². The molecule has 0 aliphatic carbocycles. The molecule has 2 rings (SSSR count). The molecule has 1 aromatic rings. The molecule has 17 heavy (non-hydrogen) atoms. The molecule has 1 aliphatic rings. The number of methoxy groups -OCH3 is 1. The van der Waals surface area contributed by atoms with Crippen molar-refractivity contribution in [2.75, 3.05) is 26.7 Å². The highest BCUT2D eigenvalue weighted by Crippen LogP contribution is 2.10.